The molecule has 4 heteroatoms. The van der Waals surface area contributed by atoms with Crippen molar-refractivity contribution >= 4 is 5.97 Å². The van der Waals surface area contributed by atoms with Crippen LogP contribution in [0.1, 0.15) is 51.9 Å². The molecular formula is C12H21NaO3. The van der Waals surface area contributed by atoms with Gasteiger partial charge in [-0.1, -0.05) is 32.6 Å². The number of carbonyl (C=O) groups is 1. The number of hydrogen-bond donors (Lipinski definition) is 1. The largest absolute Gasteiger partial charge is 1.00 e. The summed E-state index contributed by atoms with van der Waals surface area (Å²) in [5.74, 6) is -1.48. The van der Waals surface area contributed by atoms with Crippen LogP contribution in [-0.2, 0) is 4.79 Å². The average molecular weight is 236 g/mol. The van der Waals surface area contributed by atoms with E-state index in [4.69, 9.17) is 0 Å². The molecule has 16 heavy (non-hydrogen) atoms. The van der Waals surface area contributed by atoms with Crippen LogP contribution in [0.25, 0.3) is 0 Å². The van der Waals surface area contributed by atoms with Gasteiger partial charge >= 0.3 is 29.6 Å². The summed E-state index contributed by atoms with van der Waals surface area (Å²) in [4.78, 5) is 10.9. The molecule has 0 aromatic rings. The number of carboxylic acid groups (broad SMARTS) is 1. The number of aliphatic hydroxyl groups is 1. The summed E-state index contributed by atoms with van der Waals surface area (Å²) in [6.45, 7) is 2.07. The molecule has 0 radical (unpaired) electrons. The molecule has 1 aliphatic rings. The van der Waals surface area contributed by atoms with Crippen LogP contribution in [0, 0.1) is 11.8 Å². The molecule has 3 unspecified atom stereocenters. The standard InChI is InChI=1S/C12H22O3.Na/c1-2-3-8-11(13)9-6-4-5-7-10(9)12(14)15;/h9-11,13H,2-8H2,1H3,(H,14,15);/q;+1/p-1. The van der Waals surface area contributed by atoms with E-state index in [-0.39, 0.29) is 35.5 Å². The van der Waals surface area contributed by atoms with Crippen molar-refractivity contribution in [2.24, 2.45) is 11.8 Å². The predicted octanol–water partition coefficient (Wildman–Crippen LogP) is -1.90. The van der Waals surface area contributed by atoms with Crippen LogP contribution in [0.4, 0.5) is 0 Å². The Morgan fingerprint density at radius 2 is 2.06 bits per heavy atom. The summed E-state index contributed by atoms with van der Waals surface area (Å²) in [6.07, 6.45) is 5.79. The van der Waals surface area contributed by atoms with Crippen molar-refractivity contribution in [2.75, 3.05) is 0 Å². The fourth-order valence-corrected chi connectivity index (χ4v) is 2.54. The third kappa shape index (κ3) is 4.74. The Bertz CT molecular complexity index is 208. The van der Waals surface area contributed by atoms with Crippen LogP contribution in [0.2, 0.25) is 0 Å². The molecular weight excluding hydrogens is 215 g/mol. The molecule has 0 bridgehead atoms. The molecule has 0 aromatic carbocycles. The summed E-state index contributed by atoms with van der Waals surface area (Å²) in [5, 5.41) is 20.9. The first kappa shape index (κ1) is 16.4. The molecule has 1 saturated carbocycles. The first-order chi connectivity index (χ1) is 7.16. The normalized spacial score (nSPS) is 26.9. The van der Waals surface area contributed by atoms with E-state index < -0.39 is 18.0 Å². The van der Waals surface area contributed by atoms with E-state index in [1.165, 1.54) is 0 Å². The minimum Gasteiger partial charge on any atom is -0.550 e. The molecule has 1 N–H and O–H groups in total. The van der Waals surface area contributed by atoms with Gasteiger partial charge in [0.15, 0.2) is 0 Å². The second-order valence-corrected chi connectivity index (χ2v) is 4.58. The van der Waals surface area contributed by atoms with Crippen molar-refractivity contribution in [3.63, 3.8) is 0 Å². The van der Waals surface area contributed by atoms with Gasteiger partial charge in [0.1, 0.15) is 0 Å². The Labute approximate surface area is 120 Å². The van der Waals surface area contributed by atoms with E-state index in [0.29, 0.717) is 6.42 Å². The molecule has 1 aliphatic carbocycles. The molecule has 3 nitrogen and oxygen atoms in total. The van der Waals surface area contributed by atoms with Gasteiger partial charge in [-0.25, -0.2) is 0 Å². The van der Waals surface area contributed by atoms with Gasteiger partial charge in [-0.15, -0.1) is 0 Å². The molecule has 1 fully saturated rings. The summed E-state index contributed by atoms with van der Waals surface area (Å²) < 4.78 is 0. The van der Waals surface area contributed by atoms with Crippen LogP contribution < -0.4 is 34.7 Å². The molecule has 0 aliphatic heterocycles. The van der Waals surface area contributed by atoms with E-state index in [2.05, 4.69) is 6.92 Å². The van der Waals surface area contributed by atoms with Crippen molar-refractivity contribution in [2.45, 2.75) is 58.0 Å². The van der Waals surface area contributed by atoms with E-state index >= 15 is 0 Å². The molecule has 0 amide bonds. The zero-order valence-corrected chi connectivity index (χ0v) is 12.4. The maximum Gasteiger partial charge on any atom is 1.00 e. The zero-order chi connectivity index (χ0) is 11.3. The van der Waals surface area contributed by atoms with E-state index in [9.17, 15) is 15.0 Å². The first-order valence-corrected chi connectivity index (χ1v) is 6.05. The van der Waals surface area contributed by atoms with Crippen LogP contribution in [0.3, 0.4) is 0 Å². The number of aliphatic carboxylic acids is 1. The second-order valence-electron chi connectivity index (χ2n) is 4.58. The van der Waals surface area contributed by atoms with Crippen LogP contribution in [0.5, 0.6) is 0 Å². The average Bonchev–Trinajstić information content (AvgIpc) is 2.25. The third-order valence-corrected chi connectivity index (χ3v) is 3.47. The fraction of sp³-hybridized carbons (Fsp3) is 0.917. The zero-order valence-electron chi connectivity index (χ0n) is 10.4. The van der Waals surface area contributed by atoms with Crippen molar-refractivity contribution in [3.8, 4) is 0 Å². The van der Waals surface area contributed by atoms with Crippen molar-refractivity contribution < 1.29 is 44.6 Å². The molecule has 1 rings (SSSR count). The minimum atomic E-state index is -0.977. The molecule has 0 heterocycles. The summed E-state index contributed by atoms with van der Waals surface area (Å²) in [7, 11) is 0. The van der Waals surface area contributed by atoms with Gasteiger partial charge in [-0.3, -0.25) is 0 Å². The third-order valence-electron chi connectivity index (χ3n) is 3.47. The smallest absolute Gasteiger partial charge is 0.550 e. The summed E-state index contributed by atoms with van der Waals surface area (Å²) >= 11 is 0. The monoisotopic (exact) mass is 236 g/mol. The van der Waals surface area contributed by atoms with Gasteiger partial charge in [0.25, 0.3) is 0 Å². The van der Waals surface area contributed by atoms with Gasteiger partial charge in [0.05, 0.1) is 6.10 Å². The fourth-order valence-electron chi connectivity index (χ4n) is 2.54. The van der Waals surface area contributed by atoms with E-state index in [1.807, 2.05) is 0 Å². The maximum atomic E-state index is 10.9. The Kier molecular flexibility index (Phi) is 8.74. The number of hydrogen-bond acceptors (Lipinski definition) is 3. The predicted molar refractivity (Wildman–Crippen MR) is 56.0 cm³/mol. The molecule has 0 spiro atoms. The Morgan fingerprint density at radius 3 is 2.62 bits per heavy atom. The van der Waals surface area contributed by atoms with Crippen molar-refractivity contribution in [1.82, 2.24) is 0 Å². The van der Waals surface area contributed by atoms with Crippen LogP contribution in [0.15, 0.2) is 0 Å². The van der Waals surface area contributed by atoms with E-state index in [1.54, 1.807) is 0 Å². The molecule has 88 valence electrons. The summed E-state index contributed by atoms with van der Waals surface area (Å²) in [6, 6.07) is 0. The van der Waals surface area contributed by atoms with E-state index in [0.717, 1.165) is 38.5 Å². The van der Waals surface area contributed by atoms with Crippen LogP contribution in [-0.4, -0.2) is 17.2 Å². The maximum absolute atomic E-state index is 10.9. The minimum absolute atomic E-state index is 0. The topological polar surface area (TPSA) is 60.4 Å². The van der Waals surface area contributed by atoms with Gasteiger partial charge in [-0.05, 0) is 25.2 Å². The summed E-state index contributed by atoms with van der Waals surface area (Å²) in [5.41, 5.74) is 0. The number of carbonyl (C=O) groups excluding carboxylic acids is 1. The number of aliphatic hydroxyl groups excluding tert-OH is 1. The Balaban J connectivity index is 0.00000225. The van der Waals surface area contributed by atoms with Crippen molar-refractivity contribution in [3.05, 3.63) is 0 Å². The first-order valence-electron chi connectivity index (χ1n) is 6.05. The van der Waals surface area contributed by atoms with Crippen LogP contribution >= 0.6 is 0 Å². The van der Waals surface area contributed by atoms with Gasteiger partial charge < -0.3 is 15.0 Å². The Hall–Kier alpha value is 0.430. The van der Waals surface area contributed by atoms with Crippen molar-refractivity contribution in [1.29, 1.82) is 0 Å². The molecule has 0 aromatic heterocycles. The number of unbranched alkanes of at least 4 members (excludes halogenated alkanes) is 1. The molecule has 3 atom stereocenters. The number of rotatable bonds is 5. The molecule has 0 saturated heterocycles. The van der Waals surface area contributed by atoms with Gasteiger partial charge in [0.2, 0.25) is 0 Å². The Morgan fingerprint density at radius 1 is 1.44 bits per heavy atom. The SMILES string of the molecule is CCCCC(O)C1CCCCC1C(=O)[O-].[Na+]. The second kappa shape index (κ2) is 8.51. The van der Waals surface area contributed by atoms with Gasteiger partial charge in [-0.2, -0.15) is 0 Å². The van der Waals surface area contributed by atoms with Gasteiger partial charge in [0, 0.05) is 11.9 Å². The number of carboxylic acids is 1. The quantitative estimate of drug-likeness (QED) is 0.567.